The predicted molar refractivity (Wildman–Crippen MR) is 167 cm³/mol. The molecule has 4 aromatic carbocycles. The normalized spacial score (nSPS) is 11.3. The number of halogens is 2. The van der Waals surface area contributed by atoms with Gasteiger partial charge in [0, 0.05) is 10.6 Å². The van der Waals surface area contributed by atoms with Gasteiger partial charge in [0.2, 0.25) is 0 Å². The van der Waals surface area contributed by atoms with Crippen molar-refractivity contribution >= 4 is 53.3 Å². The average molecular weight is 614 g/mol. The van der Waals surface area contributed by atoms with Gasteiger partial charge >= 0.3 is 5.97 Å². The zero-order valence-corrected chi connectivity index (χ0v) is 24.1. The van der Waals surface area contributed by atoms with Crippen molar-refractivity contribution in [2.24, 2.45) is 5.10 Å². The van der Waals surface area contributed by atoms with E-state index in [9.17, 15) is 14.4 Å². The number of hydrogen-bond donors (Lipinski definition) is 2. The Balaban J connectivity index is 1.34. The SMILES string of the molecule is O=C(COc1ccc(Cl)cc1Cl)Oc1ccc(/C=N/NC(=O)/C(=C\C=C/c2ccccc2)NC(=O)c2ccccc2)cc1. The Labute approximate surface area is 258 Å². The van der Waals surface area contributed by atoms with E-state index in [-0.39, 0.29) is 23.1 Å². The number of amides is 2. The molecule has 0 heterocycles. The second-order valence-corrected chi connectivity index (χ2v) is 9.62. The quantitative estimate of drug-likeness (QED) is 0.0504. The molecule has 0 spiro atoms. The van der Waals surface area contributed by atoms with E-state index in [4.69, 9.17) is 32.7 Å². The molecule has 0 unspecified atom stereocenters. The fraction of sp³-hybridized carbons (Fsp3) is 0.0303. The van der Waals surface area contributed by atoms with Gasteiger partial charge in [0.05, 0.1) is 11.2 Å². The van der Waals surface area contributed by atoms with Crippen molar-refractivity contribution in [2.45, 2.75) is 0 Å². The summed E-state index contributed by atoms with van der Waals surface area (Å²) in [5.41, 5.74) is 4.37. The van der Waals surface area contributed by atoms with Crippen LogP contribution in [0.15, 0.2) is 126 Å². The van der Waals surface area contributed by atoms with Crippen LogP contribution in [-0.4, -0.2) is 30.6 Å². The maximum Gasteiger partial charge on any atom is 0.349 e. The number of allylic oxidation sites excluding steroid dienone is 2. The first-order valence-corrected chi connectivity index (χ1v) is 13.6. The number of carbonyl (C=O) groups is 3. The van der Waals surface area contributed by atoms with Gasteiger partial charge in [-0.3, -0.25) is 9.59 Å². The molecule has 0 saturated heterocycles. The van der Waals surface area contributed by atoms with Crippen LogP contribution < -0.4 is 20.2 Å². The largest absolute Gasteiger partial charge is 0.480 e. The third-order valence-electron chi connectivity index (χ3n) is 5.61. The molecule has 2 amide bonds. The molecule has 0 bridgehead atoms. The maximum atomic E-state index is 12.9. The molecule has 216 valence electrons. The van der Waals surface area contributed by atoms with Crippen LogP contribution in [0.5, 0.6) is 11.5 Å². The molecule has 0 aliphatic heterocycles. The van der Waals surface area contributed by atoms with Gasteiger partial charge in [-0.2, -0.15) is 5.10 Å². The second-order valence-electron chi connectivity index (χ2n) is 8.78. The van der Waals surface area contributed by atoms with Crippen molar-refractivity contribution in [1.82, 2.24) is 10.7 Å². The van der Waals surface area contributed by atoms with Crippen molar-refractivity contribution in [3.8, 4) is 11.5 Å². The van der Waals surface area contributed by atoms with Gasteiger partial charge in [-0.05, 0) is 71.8 Å². The number of hydrazone groups is 1. The summed E-state index contributed by atoms with van der Waals surface area (Å²) in [4.78, 5) is 37.7. The molecular weight excluding hydrogens is 589 g/mol. The Kier molecular flexibility index (Phi) is 11.2. The summed E-state index contributed by atoms with van der Waals surface area (Å²) in [6.45, 7) is -0.353. The van der Waals surface area contributed by atoms with Gasteiger partial charge in [0.15, 0.2) is 6.61 Å². The number of hydrogen-bond acceptors (Lipinski definition) is 6. The van der Waals surface area contributed by atoms with Crippen molar-refractivity contribution < 1.29 is 23.9 Å². The summed E-state index contributed by atoms with van der Waals surface area (Å²) in [6.07, 6.45) is 6.37. The van der Waals surface area contributed by atoms with Crippen molar-refractivity contribution in [1.29, 1.82) is 0 Å². The van der Waals surface area contributed by atoms with Crippen LogP contribution in [0.25, 0.3) is 6.08 Å². The Bertz CT molecular complexity index is 1660. The molecule has 0 fully saturated rings. The van der Waals surface area contributed by atoms with Crippen molar-refractivity contribution in [2.75, 3.05) is 6.61 Å². The van der Waals surface area contributed by atoms with Crippen LogP contribution in [0.3, 0.4) is 0 Å². The number of esters is 1. The molecule has 4 aromatic rings. The fourth-order valence-corrected chi connectivity index (χ4v) is 3.98. The smallest absolute Gasteiger partial charge is 0.349 e. The Morgan fingerprint density at radius 2 is 1.51 bits per heavy atom. The van der Waals surface area contributed by atoms with Crippen LogP contribution in [0.2, 0.25) is 10.0 Å². The summed E-state index contributed by atoms with van der Waals surface area (Å²) >= 11 is 11.9. The predicted octanol–water partition coefficient (Wildman–Crippen LogP) is 6.46. The van der Waals surface area contributed by atoms with Gasteiger partial charge < -0.3 is 14.8 Å². The number of nitrogens with one attached hydrogen (secondary N) is 2. The highest BCUT2D eigenvalue weighted by Crippen LogP contribution is 2.27. The Morgan fingerprint density at radius 3 is 2.21 bits per heavy atom. The molecule has 4 rings (SSSR count). The first-order valence-electron chi connectivity index (χ1n) is 12.9. The Morgan fingerprint density at radius 1 is 0.814 bits per heavy atom. The first-order chi connectivity index (χ1) is 20.9. The molecule has 0 atom stereocenters. The van der Waals surface area contributed by atoms with Gasteiger partial charge in [-0.15, -0.1) is 0 Å². The van der Waals surface area contributed by atoms with Crippen LogP contribution in [0, 0.1) is 0 Å². The molecule has 43 heavy (non-hydrogen) atoms. The van der Waals surface area contributed by atoms with Crippen LogP contribution in [0.1, 0.15) is 21.5 Å². The lowest BCUT2D eigenvalue weighted by atomic mass is 10.2. The molecule has 0 aromatic heterocycles. The topological polar surface area (TPSA) is 106 Å². The molecule has 2 N–H and O–H groups in total. The minimum absolute atomic E-state index is 0.00236. The van der Waals surface area contributed by atoms with Crippen molar-refractivity contribution in [3.63, 3.8) is 0 Å². The minimum atomic E-state index is -0.627. The summed E-state index contributed by atoms with van der Waals surface area (Å²) in [6, 6.07) is 29.1. The molecular formula is C33H25Cl2N3O5. The van der Waals surface area contributed by atoms with E-state index in [2.05, 4.69) is 15.8 Å². The lowest BCUT2D eigenvalue weighted by molar-refractivity contribution is -0.136. The van der Waals surface area contributed by atoms with E-state index in [0.29, 0.717) is 21.9 Å². The third kappa shape index (κ3) is 10.00. The maximum absolute atomic E-state index is 12.9. The van der Waals surface area contributed by atoms with Crippen molar-refractivity contribution in [3.05, 3.63) is 148 Å². The van der Waals surface area contributed by atoms with E-state index in [1.807, 2.05) is 30.3 Å². The Hall–Kier alpha value is -5.18. The van der Waals surface area contributed by atoms with Crippen LogP contribution in [-0.2, 0) is 9.59 Å². The van der Waals surface area contributed by atoms with Gasteiger partial charge in [-0.25, -0.2) is 10.2 Å². The number of ether oxygens (including phenoxy) is 2. The standard InChI is InChI=1S/C33H25Cl2N3O5/c34-26-16-19-30(28(35)20-26)42-22-31(39)43-27-17-14-24(15-18-27)21-36-38-33(41)29(13-7-10-23-8-3-1-4-9-23)37-32(40)25-11-5-2-6-12-25/h1-21H,22H2,(H,37,40)(H,38,41)/b10-7-,29-13+,36-21+. The van der Waals surface area contributed by atoms with E-state index in [1.165, 1.54) is 18.4 Å². The lowest BCUT2D eigenvalue weighted by Gasteiger charge is -2.09. The number of nitrogens with zero attached hydrogens (tertiary/aromatic N) is 1. The molecule has 8 nitrogen and oxygen atoms in total. The van der Waals surface area contributed by atoms with Crippen LogP contribution in [0.4, 0.5) is 0 Å². The number of carbonyl (C=O) groups excluding carboxylic acids is 3. The van der Waals surface area contributed by atoms with E-state index >= 15 is 0 Å². The van der Waals surface area contributed by atoms with Gasteiger partial charge in [0.1, 0.15) is 17.2 Å². The third-order valence-corrected chi connectivity index (χ3v) is 6.14. The highest BCUT2D eigenvalue weighted by Gasteiger charge is 2.13. The van der Waals surface area contributed by atoms with E-state index in [1.54, 1.807) is 78.9 Å². The van der Waals surface area contributed by atoms with Gasteiger partial charge in [-0.1, -0.05) is 83.9 Å². The molecule has 0 aliphatic rings. The highest BCUT2D eigenvalue weighted by molar-refractivity contribution is 6.35. The molecule has 10 heteroatoms. The van der Waals surface area contributed by atoms with Crippen LogP contribution >= 0.6 is 23.2 Å². The summed E-state index contributed by atoms with van der Waals surface area (Å²) < 4.78 is 10.6. The zero-order chi connectivity index (χ0) is 30.4. The molecule has 0 radical (unpaired) electrons. The van der Waals surface area contributed by atoms with Gasteiger partial charge in [0.25, 0.3) is 11.8 Å². The fourth-order valence-electron chi connectivity index (χ4n) is 3.52. The van der Waals surface area contributed by atoms with E-state index < -0.39 is 17.8 Å². The summed E-state index contributed by atoms with van der Waals surface area (Å²) in [7, 11) is 0. The first kappa shape index (κ1) is 30.8. The monoisotopic (exact) mass is 613 g/mol. The minimum Gasteiger partial charge on any atom is -0.480 e. The molecule has 0 aliphatic carbocycles. The lowest BCUT2D eigenvalue weighted by Crippen LogP contribution is -2.32. The second kappa shape index (κ2) is 15.7. The number of rotatable bonds is 11. The summed E-state index contributed by atoms with van der Waals surface area (Å²) in [5.74, 6) is -1.09. The van der Waals surface area contributed by atoms with E-state index in [0.717, 1.165) is 5.56 Å². The summed E-state index contributed by atoms with van der Waals surface area (Å²) in [5, 5.41) is 7.35. The number of benzene rings is 4. The molecule has 0 saturated carbocycles. The highest BCUT2D eigenvalue weighted by atomic mass is 35.5. The average Bonchev–Trinajstić information content (AvgIpc) is 3.02. The zero-order valence-electron chi connectivity index (χ0n) is 22.6.